The zero-order valence-electron chi connectivity index (χ0n) is 53.3. The van der Waals surface area contributed by atoms with Crippen molar-refractivity contribution in [3.05, 3.63) is 108 Å². The van der Waals surface area contributed by atoms with Crippen LogP contribution in [0.3, 0.4) is 0 Å². The molecule has 0 bridgehead atoms. The fourth-order valence-electron chi connectivity index (χ4n) is 10.9. The molecule has 7 rings (SSSR count). The second kappa shape index (κ2) is 34.1. The molecule has 0 N–H and O–H groups in total. The van der Waals surface area contributed by atoms with Crippen LogP contribution in [0, 0.1) is 11.8 Å². The summed E-state index contributed by atoms with van der Waals surface area (Å²) in [5.74, 6) is -12.2. The lowest BCUT2D eigenvalue weighted by molar-refractivity contribution is -0.382. The normalized spacial score (nSPS) is 30.5. The Hall–Kier alpha value is -8.49. The van der Waals surface area contributed by atoms with E-state index in [9.17, 15) is 52.7 Å². The van der Waals surface area contributed by atoms with Crippen molar-refractivity contribution in [3.63, 3.8) is 0 Å². The summed E-state index contributed by atoms with van der Waals surface area (Å²) in [5.41, 5.74) is 0.293. The predicted octanol–water partition coefficient (Wildman–Crippen LogP) is 3.62. The second-order valence-electron chi connectivity index (χ2n) is 22.1. The number of ether oxygens (including phenoxy) is 19. The first-order valence-electron chi connectivity index (χ1n) is 29.8. The van der Waals surface area contributed by atoms with Crippen LogP contribution >= 0.6 is 0 Å². The summed E-state index contributed by atoms with van der Waals surface area (Å²) in [5, 5.41) is 0. The Bertz CT molecular complexity index is 3110. The van der Waals surface area contributed by atoms with Gasteiger partial charge in [-0.2, -0.15) is 0 Å². The Morgan fingerprint density at radius 1 is 0.309 bits per heavy atom. The van der Waals surface area contributed by atoms with E-state index < -0.39 is 215 Å². The van der Waals surface area contributed by atoms with Crippen molar-refractivity contribution in [3.8, 4) is 0 Å². The van der Waals surface area contributed by atoms with Crippen molar-refractivity contribution in [2.75, 3.05) is 33.5 Å². The summed E-state index contributed by atoms with van der Waals surface area (Å²) in [4.78, 5) is 145. The van der Waals surface area contributed by atoms with Gasteiger partial charge in [0.15, 0.2) is 61.8 Å². The highest BCUT2D eigenvalue weighted by atomic mass is 16.8. The number of methoxy groups -OCH3 is 1. The highest BCUT2D eigenvalue weighted by Crippen LogP contribution is 2.40. The molecule has 4 aliphatic rings. The smallest absolute Gasteiger partial charge is 0.338 e. The zero-order chi connectivity index (χ0) is 68.5. The van der Waals surface area contributed by atoms with Crippen LogP contribution in [0.1, 0.15) is 100 Å². The van der Waals surface area contributed by atoms with Gasteiger partial charge in [0.1, 0.15) is 68.7 Å². The van der Waals surface area contributed by atoms with Crippen LogP contribution in [-0.4, -0.2) is 210 Å². The molecule has 0 spiro atoms. The standard InChI is InChI=1S/C64H76O30/c1-31-48(81-35(5)67)44(27-77-33(3)65)89-63(50(31)82-36(6)68)93-55-53(84-38(8)70)47(90-64(57(55)86-40(10)72)94-54-52(83-37(7)69)45(28-78-34(4)66)88-62(76-11)56(54)85-39(9)71)30-80-61-32(2)49(91-59(74)42-23-17-13-18-24-42)51(92-60(75)43-25-19-14-20-26-43)46(87-61)29-79-58(73)41-21-15-12-16-22-41/h12-26,31-32,44-57,61-64H,27-30H2,1-11H3/t31?,32?,44?,45?,46?,47?,48?,49?,50?,51?,52?,53-,54?,55?,56?,57?,61?,62?,63?,64?/m1/s1. The topological polar surface area (TPSA) is 363 Å². The van der Waals surface area contributed by atoms with Gasteiger partial charge in [0.25, 0.3) is 0 Å². The van der Waals surface area contributed by atoms with Gasteiger partial charge in [0, 0.05) is 74.3 Å². The summed E-state index contributed by atoms with van der Waals surface area (Å²) < 4.78 is 115. The molecule has 94 heavy (non-hydrogen) atoms. The Labute approximate surface area is 539 Å². The zero-order valence-corrected chi connectivity index (χ0v) is 53.3. The minimum absolute atomic E-state index is 0.0795. The molecule has 4 fully saturated rings. The van der Waals surface area contributed by atoms with Crippen LogP contribution in [-0.2, 0) is 128 Å². The first kappa shape index (κ1) is 72.9. The van der Waals surface area contributed by atoms with Gasteiger partial charge in [0.05, 0.1) is 23.3 Å². The van der Waals surface area contributed by atoms with Crippen molar-refractivity contribution >= 4 is 65.7 Å². The van der Waals surface area contributed by atoms with Crippen LogP contribution in [0.25, 0.3) is 0 Å². The summed E-state index contributed by atoms with van der Waals surface area (Å²) >= 11 is 0. The van der Waals surface area contributed by atoms with Gasteiger partial charge in [-0.15, -0.1) is 0 Å². The molecule has 512 valence electrons. The molecule has 30 heteroatoms. The van der Waals surface area contributed by atoms with Crippen molar-refractivity contribution in [2.45, 2.75) is 180 Å². The van der Waals surface area contributed by atoms with E-state index in [1.807, 2.05) is 0 Å². The predicted molar refractivity (Wildman–Crippen MR) is 310 cm³/mol. The van der Waals surface area contributed by atoms with Crippen molar-refractivity contribution in [1.82, 2.24) is 0 Å². The molecule has 4 heterocycles. The van der Waals surface area contributed by atoms with Gasteiger partial charge in [0.2, 0.25) is 0 Å². The van der Waals surface area contributed by atoms with E-state index in [1.165, 1.54) is 50.2 Å². The molecule has 0 aromatic heterocycles. The van der Waals surface area contributed by atoms with E-state index >= 15 is 0 Å². The first-order chi connectivity index (χ1) is 44.7. The van der Waals surface area contributed by atoms with Gasteiger partial charge < -0.3 is 90.0 Å². The lowest BCUT2D eigenvalue weighted by atomic mass is 9.89. The Morgan fingerprint density at radius 2 is 0.628 bits per heavy atom. The number of hydrogen-bond donors (Lipinski definition) is 0. The summed E-state index contributed by atoms with van der Waals surface area (Å²) in [6.07, 6.45) is -30.6. The summed E-state index contributed by atoms with van der Waals surface area (Å²) in [6, 6.07) is 23.5. The third kappa shape index (κ3) is 19.8. The minimum atomic E-state index is -2.13. The molecule has 4 saturated heterocycles. The van der Waals surface area contributed by atoms with Crippen molar-refractivity contribution in [1.29, 1.82) is 0 Å². The highest BCUT2D eigenvalue weighted by Gasteiger charge is 2.60. The molecule has 0 aliphatic carbocycles. The molecule has 3 aromatic carbocycles. The van der Waals surface area contributed by atoms with E-state index in [0.29, 0.717) is 0 Å². The maximum Gasteiger partial charge on any atom is 0.338 e. The maximum absolute atomic E-state index is 14.2. The van der Waals surface area contributed by atoms with Gasteiger partial charge in [-0.3, -0.25) is 38.4 Å². The SMILES string of the molecule is COC1OC(COC(C)=O)C(OC(C)=O)C(OC2OC(COC3OC(COC(=O)c4ccccc4)C(OC(=O)c4ccccc4)C(OC(=O)c4ccccc4)C3C)[C@@H](OC(C)=O)C(OC3OC(COC(C)=O)C(OC(C)=O)C(C)C3OC(C)=O)C2OC(C)=O)C1OC(C)=O. The van der Waals surface area contributed by atoms with Gasteiger partial charge >= 0.3 is 65.7 Å². The van der Waals surface area contributed by atoms with Crippen LogP contribution < -0.4 is 0 Å². The fourth-order valence-corrected chi connectivity index (χ4v) is 10.9. The molecule has 19 unspecified atom stereocenters. The number of hydrogen-bond acceptors (Lipinski definition) is 30. The van der Waals surface area contributed by atoms with Crippen LogP contribution in [0.5, 0.6) is 0 Å². The van der Waals surface area contributed by atoms with Crippen molar-refractivity contribution in [2.24, 2.45) is 11.8 Å². The van der Waals surface area contributed by atoms with Crippen LogP contribution in [0.4, 0.5) is 0 Å². The van der Waals surface area contributed by atoms with Crippen molar-refractivity contribution < 1.29 is 143 Å². The summed E-state index contributed by atoms with van der Waals surface area (Å²) in [7, 11) is 1.16. The number of esters is 11. The largest absolute Gasteiger partial charge is 0.463 e. The number of carbonyl (C=O) groups excluding carboxylic acids is 11. The minimum Gasteiger partial charge on any atom is -0.463 e. The molecule has 3 aromatic rings. The average Bonchev–Trinajstić information content (AvgIpc) is 0.767. The first-order valence-corrected chi connectivity index (χ1v) is 29.8. The van der Waals surface area contributed by atoms with E-state index in [4.69, 9.17) is 90.0 Å². The van der Waals surface area contributed by atoms with Crippen LogP contribution in [0.2, 0.25) is 0 Å². The summed E-state index contributed by atoms with van der Waals surface area (Å²) in [6.45, 7) is 8.63. The molecule has 0 saturated carbocycles. The Morgan fingerprint density at radius 3 is 1.05 bits per heavy atom. The third-order valence-corrected chi connectivity index (χ3v) is 15.0. The number of rotatable bonds is 25. The molecule has 0 radical (unpaired) electrons. The molecule has 4 aliphatic heterocycles. The third-order valence-electron chi connectivity index (χ3n) is 15.0. The molecular weight excluding hydrogens is 1250 g/mol. The number of carbonyl (C=O) groups is 11. The lowest BCUT2D eigenvalue weighted by Crippen LogP contribution is -2.68. The van der Waals surface area contributed by atoms with Gasteiger partial charge in [-0.25, -0.2) is 14.4 Å². The average molecular weight is 1330 g/mol. The second-order valence-corrected chi connectivity index (χ2v) is 22.1. The molecule has 0 amide bonds. The van der Waals surface area contributed by atoms with E-state index in [0.717, 1.165) is 62.5 Å². The van der Waals surface area contributed by atoms with Crippen LogP contribution in [0.15, 0.2) is 91.0 Å². The molecule has 30 nitrogen and oxygen atoms in total. The quantitative estimate of drug-likeness (QED) is 0.0863. The monoisotopic (exact) mass is 1320 g/mol. The van der Waals surface area contributed by atoms with E-state index in [-0.39, 0.29) is 16.7 Å². The Balaban J connectivity index is 1.38. The van der Waals surface area contributed by atoms with Gasteiger partial charge in [-0.1, -0.05) is 68.4 Å². The number of benzene rings is 3. The molecule has 20 atom stereocenters. The van der Waals surface area contributed by atoms with E-state index in [1.54, 1.807) is 54.6 Å². The van der Waals surface area contributed by atoms with Gasteiger partial charge in [-0.05, 0) is 36.4 Å². The lowest BCUT2D eigenvalue weighted by Gasteiger charge is -2.51. The highest BCUT2D eigenvalue weighted by molar-refractivity contribution is 5.91. The maximum atomic E-state index is 14.2. The van der Waals surface area contributed by atoms with E-state index in [2.05, 4.69) is 0 Å². The Kier molecular flexibility index (Phi) is 26.4. The fraction of sp³-hybridized carbons (Fsp3) is 0.547. The molecular formula is C64H76O30.